The smallest absolute Gasteiger partial charge is 0.0433 e. The molecule has 0 fully saturated rings. The Balaban J connectivity index is 3.98. The summed E-state index contributed by atoms with van der Waals surface area (Å²) in [6, 6.07) is 0. The van der Waals surface area contributed by atoms with E-state index in [0.717, 1.165) is 25.2 Å². The van der Waals surface area contributed by atoms with Crippen LogP contribution in [0.2, 0.25) is 0 Å². The van der Waals surface area contributed by atoms with Gasteiger partial charge in [-0.2, -0.15) is 0 Å². The summed E-state index contributed by atoms with van der Waals surface area (Å²) in [4.78, 5) is 0. The molecule has 0 radical (unpaired) electrons. The maximum Gasteiger partial charge on any atom is 0.0433 e. The predicted molar refractivity (Wildman–Crippen MR) is 197 cm³/mol. The molecule has 1 N–H and O–H groups in total. The Morgan fingerprint density at radius 2 is 0.907 bits per heavy atom. The van der Waals surface area contributed by atoms with Gasteiger partial charge in [0.25, 0.3) is 0 Å². The zero-order chi connectivity index (χ0) is 31.3. The maximum atomic E-state index is 9.42. The van der Waals surface area contributed by atoms with Crippen LogP contribution >= 0.6 is 0 Å². The van der Waals surface area contributed by atoms with Crippen molar-refractivity contribution >= 4 is 0 Å². The van der Waals surface area contributed by atoms with Crippen LogP contribution in [0.3, 0.4) is 0 Å². The SMILES string of the molecule is CCCCCC/C=C\CC(CCO)CC/C=C/C=C/CCCCCC(/C=C/C=C\CCCCCCCCCC)CCCC. The third kappa shape index (κ3) is 33.4. The van der Waals surface area contributed by atoms with Crippen LogP contribution in [0.5, 0.6) is 0 Å². The molecule has 0 aromatic heterocycles. The molecule has 1 heteroatoms. The van der Waals surface area contributed by atoms with Crippen LogP contribution < -0.4 is 0 Å². The molecular weight excluding hydrogens is 520 g/mol. The van der Waals surface area contributed by atoms with Gasteiger partial charge in [-0.25, -0.2) is 0 Å². The second-order valence-electron chi connectivity index (χ2n) is 13.0. The van der Waals surface area contributed by atoms with Gasteiger partial charge < -0.3 is 5.11 Å². The summed E-state index contributed by atoms with van der Waals surface area (Å²) in [5.41, 5.74) is 0. The highest BCUT2D eigenvalue weighted by atomic mass is 16.3. The monoisotopic (exact) mass is 597 g/mol. The molecule has 0 amide bonds. The van der Waals surface area contributed by atoms with Crippen LogP contribution in [-0.2, 0) is 0 Å². The van der Waals surface area contributed by atoms with E-state index in [1.54, 1.807) is 0 Å². The zero-order valence-corrected chi connectivity index (χ0v) is 29.5. The Morgan fingerprint density at radius 3 is 1.53 bits per heavy atom. The summed E-state index contributed by atoms with van der Waals surface area (Å²) in [7, 11) is 0. The van der Waals surface area contributed by atoms with Gasteiger partial charge in [-0.1, -0.05) is 171 Å². The van der Waals surface area contributed by atoms with E-state index in [1.807, 2.05) is 0 Å². The largest absolute Gasteiger partial charge is 0.396 e. The van der Waals surface area contributed by atoms with Crippen LogP contribution in [0.1, 0.15) is 188 Å². The average Bonchev–Trinajstić information content (AvgIpc) is 3.01. The van der Waals surface area contributed by atoms with E-state index in [4.69, 9.17) is 0 Å². The van der Waals surface area contributed by atoms with Crippen LogP contribution in [0.25, 0.3) is 0 Å². The van der Waals surface area contributed by atoms with Crippen LogP contribution in [0.15, 0.2) is 60.8 Å². The summed E-state index contributed by atoms with van der Waals surface area (Å²) < 4.78 is 0. The minimum absolute atomic E-state index is 0.310. The van der Waals surface area contributed by atoms with Gasteiger partial charge in [0.05, 0.1) is 0 Å². The molecule has 0 heterocycles. The standard InChI is InChI=1S/C42H76O/c1-4-7-10-12-14-15-16-17-19-23-27-30-35-41(34-9-6-3)36-31-28-24-20-18-21-25-29-33-38-42(39-40-43)37-32-26-22-13-11-8-5-2/h18,21,23,25-27,29-30,32,35,41-43H,4-17,19-20,22,24,28,31,33-34,36-40H2,1-3H3/b21-18+,27-23-,29-25+,32-26-,35-30+. The Kier molecular flexibility index (Phi) is 35.7. The van der Waals surface area contributed by atoms with Crippen molar-refractivity contribution < 1.29 is 5.11 Å². The molecule has 0 aliphatic carbocycles. The summed E-state index contributed by atoms with van der Waals surface area (Å²) in [5, 5.41) is 9.42. The Hall–Kier alpha value is -1.34. The van der Waals surface area contributed by atoms with Gasteiger partial charge in [-0.15, -0.1) is 0 Å². The molecule has 0 aromatic rings. The number of rotatable bonds is 33. The first-order valence-electron chi connectivity index (χ1n) is 19.2. The van der Waals surface area contributed by atoms with Gasteiger partial charge in [-0.05, 0) is 88.9 Å². The Morgan fingerprint density at radius 1 is 0.419 bits per heavy atom. The molecule has 2 unspecified atom stereocenters. The summed E-state index contributed by atoms with van der Waals surface area (Å²) in [6.07, 6.45) is 57.2. The zero-order valence-electron chi connectivity index (χ0n) is 29.5. The van der Waals surface area contributed by atoms with E-state index in [0.29, 0.717) is 12.5 Å². The lowest BCUT2D eigenvalue weighted by Gasteiger charge is -2.12. The van der Waals surface area contributed by atoms with Gasteiger partial charge in [-0.3, -0.25) is 0 Å². The minimum Gasteiger partial charge on any atom is -0.396 e. The van der Waals surface area contributed by atoms with Crippen molar-refractivity contribution in [2.45, 2.75) is 188 Å². The highest BCUT2D eigenvalue weighted by Crippen LogP contribution is 2.20. The number of hydrogen-bond donors (Lipinski definition) is 1. The first-order chi connectivity index (χ1) is 21.3. The highest BCUT2D eigenvalue weighted by Gasteiger charge is 2.05. The van der Waals surface area contributed by atoms with E-state index < -0.39 is 0 Å². The lowest BCUT2D eigenvalue weighted by Crippen LogP contribution is -2.01. The fraction of sp³-hybridized carbons (Fsp3) is 0.762. The summed E-state index contributed by atoms with van der Waals surface area (Å²) >= 11 is 0. The number of unbranched alkanes of at least 4 members (excludes halogenated alkanes) is 16. The molecule has 0 spiro atoms. The number of hydrogen-bond acceptors (Lipinski definition) is 1. The van der Waals surface area contributed by atoms with Gasteiger partial charge in [0, 0.05) is 6.61 Å². The van der Waals surface area contributed by atoms with Crippen molar-refractivity contribution in [3.05, 3.63) is 60.8 Å². The lowest BCUT2D eigenvalue weighted by atomic mass is 9.94. The quantitative estimate of drug-likeness (QED) is 0.0454. The van der Waals surface area contributed by atoms with Gasteiger partial charge in [0.15, 0.2) is 0 Å². The van der Waals surface area contributed by atoms with Gasteiger partial charge in [0.2, 0.25) is 0 Å². The molecule has 0 bridgehead atoms. The van der Waals surface area contributed by atoms with E-state index in [1.165, 1.54) is 148 Å². The number of aliphatic hydroxyl groups is 1. The molecule has 1 nitrogen and oxygen atoms in total. The Labute approximate surface area is 271 Å². The molecule has 0 rings (SSSR count). The summed E-state index contributed by atoms with van der Waals surface area (Å²) in [5.74, 6) is 1.36. The van der Waals surface area contributed by atoms with Crippen molar-refractivity contribution in [1.82, 2.24) is 0 Å². The number of allylic oxidation sites excluding steroid dienone is 10. The van der Waals surface area contributed by atoms with Crippen molar-refractivity contribution in [2.24, 2.45) is 11.8 Å². The van der Waals surface area contributed by atoms with E-state index >= 15 is 0 Å². The predicted octanol–water partition coefficient (Wildman–Crippen LogP) is 14.2. The van der Waals surface area contributed by atoms with E-state index in [2.05, 4.69) is 81.5 Å². The van der Waals surface area contributed by atoms with E-state index in [-0.39, 0.29) is 0 Å². The first kappa shape index (κ1) is 41.7. The molecule has 0 saturated carbocycles. The maximum absolute atomic E-state index is 9.42. The Bertz CT molecular complexity index is 666. The molecule has 2 atom stereocenters. The second kappa shape index (κ2) is 36.8. The fourth-order valence-corrected chi connectivity index (χ4v) is 5.78. The molecule has 250 valence electrons. The molecule has 0 aliphatic heterocycles. The lowest BCUT2D eigenvalue weighted by molar-refractivity contribution is 0.253. The molecule has 43 heavy (non-hydrogen) atoms. The summed E-state index contributed by atoms with van der Waals surface area (Å²) in [6.45, 7) is 7.18. The highest BCUT2D eigenvalue weighted by molar-refractivity contribution is 5.04. The van der Waals surface area contributed by atoms with Crippen LogP contribution in [0, 0.1) is 11.8 Å². The molecule has 0 saturated heterocycles. The van der Waals surface area contributed by atoms with Crippen molar-refractivity contribution in [2.75, 3.05) is 6.61 Å². The molecule has 0 aromatic carbocycles. The first-order valence-corrected chi connectivity index (χ1v) is 19.2. The number of aliphatic hydroxyl groups excluding tert-OH is 1. The fourth-order valence-electron chi connectivity index (χ4n) is 5.78. The van der Waals surface area contributed by atoms with Gasteiger partial charge in [0.1, 0.15) is 0 Å². The van der Waals surface area contributed by atoms with Crippen molar-refractivity contribution in [1.29, 1.82) is 0 Å². The average molecular weight is 597 g/mol. The molecular formula is C42H76O. The van der Waals surface area contributed by atoms with Crippen molar-refractivity contribution in [3.63, 3.8) is 0 Å². The van der Waals surface area contributed by atoms with E-state index in [9.17, 15) is 5.11 Å². The third-order valence-corrected chi connectivity index (χ3v) is 8.75. The second-order valence-corrected chi connectivity index (χ2v) is 13.0. The van der Waals surface area contributed by atoms with Crippen LogP contribution in [-0.4, -0.2) is 11.7 Å². The van der Waals surface area contributed by atoms with Crippen LogP contribution in [0.4, 0.5) is 0 Å². The van der Waals surface area contributed by atoms with Gasteiger partial charge >= 0.3 is 0 Å². The minimum atomic E-state index is 0.310. The molecule has 0 aliphatic rings. The normalized spacial score (nSPS) is 14.0. The van der Waals surface area contributed by atoms with Crippen molar-refractivity contribution in [3.8, 4) is 0 Å². The topological polar surface area (TPSA) is 20.2 Å². The third-order valence-electron chi connectivity index (χ3n) is 8.75.